The van der Waals surface area contributed by atoms with Gasteiger partial charge in [-0.3, -0.25) is 0 Å². The summed E-state index contributed by atoms with van der Waals surface area (Å²) >= 11 is 0. The maximum absolute atomic E-state index is 10.4. The highest BCUT2D eigenvalue weighted by molar-refractivity contribution is 5.70. The Hall–Kier alpha value is -3.38. The number of aliphatic hydroxyl groups is 3. The summed E-state index contributed by atoms with van der Waals surface area (Å²) in [4.78, 5) is 0. The molecule has 0 bridgehead atoms. The highest BCUT2D eigenvalue weighted by Gasteiger charge is 2.44. The van der Waals surface area contributed by atoms with Gasteiger partial charge in [-0.2, -0.15) is 0 Å². The minimum absolute atomic E-state index is 0.0239. The van der Waals surface area contributed by atoms with E-state index in [9.17, 15) is 35.7 Å². The van der Waals surface area contributed by atoms with Crippen molar-refractivity contribution in [2.24, 2.45) is 0 Å². The van der Waals surface area contributed by atoms with Crippen molar-refractivity contribution in [2.75, 3.05) is 7.11 Å². The van der Waals surface area contributed by atoms with Gasteiger partial charge in [-0.1, -0.05) is 0 Å². The van der Waals surface area contributed by atoms with Crippen LogP contribution in [0.25, 0.3) is 6.08 Å². The molecule has 0 aromatic heterocycles. The number of phenolic OH excluding ortho intramolecular Hbond substituents is 4. The predicted molar refractivity (Wildman–Crippen MR) is 111 cm³/mol. The molecule has 1 fully saturated rings. The summed E-state index contributed by atoms with van der Waals surface area (Å²) in [6.45, 7) is 1.50. The Morgan fingerprint density at radius 3 is 2.18 bits per heavy atom. The lowest BCUT2D eigenvalue weighted by molar-refractivity contribution is -0.285. The third kappa shape index (κ3) is 4.07. The van der Waals surface area contributed by atoms with E-state index in [4.69, 9.17) is 18.9 Å². The lowest BCUT2D eigenvalue weighted by atomic mass is 9.98. The van der Waals surface area contributed by atoms with E-state index in [1.165, 1.54) is 32.2 Å². The third-order valence-electron chi connectivity index (χ3n) is 5.55. The van der Waals surface area contributed by atoms with Gasteiger partial charge in [-0.15, -0.1) is 0 Å². The van der Waals surface area contributed by atoms with Crippen LogP contribution < -0.4 is 9.47 Å². The van der Waals surface area contributed by atoms with Crippen LogP contribution in [0.15, 0.2) is 30.0 Å². The number of rotatable bonds is 4. The Balaban J connectivity index is 1.79. The topological polar surface area (TPSA) is 179 Å². The number of benzene rings is 2. The van der Waals surface area contributed by atoms with E-state index in [0.717, 1.165) is 12.1 Å². The molecule has 0 saturated carbocycles. The van der Waals surface area contributed by atoms with Crippen LogP contribution in [0.2, 0.25) is 0 Å². The monoisotopic (exact) mass is 464 g/mol. The maximum Gasteiger partial charge on any atom is 0.228 e. The second-order valence-electron chi connectivity index (χ2n) is 7.81. The Morgan fingerprint density at radius 2 is 1.55 bits per heavy atom. The van der Waals surface area contributed by atoms with E-state index >= 15 is 0 Å². The van der Waals surface area contributed by atoms with E-state index in [2.05, 4.69) is 0 Å². The number of ether oxygens (including phenoxy) is 4. The summed E-state index contributed by atoms with van der Waals surface area (Å²) in [6, 6.07) is 4.96. The fraction of sp³-hybridized carbons (Fsp3) is 0.364. The highest BCUT2D eigenvalue weighted by atomic mass is 16.7. The molecular weight excluding hydrogens is 440 g/mol. The zero-order chi connectivity index (χ0) is 24.0. The van der Waals surface area contributed by atoms with E-state index in [1.807, 2.05) is 0 Å². The molecule has 2 heterocycles. The molecule has 2 aromatic carbocycles. The molecule has 178 valence electrons. The van der Waals surface area contributed by atoms with Gasteiger partial charge < -0.3 is 54.7 Å². The predicted octanol–water partition coefficient (Wildman–Crippen LogP) is 0.836. The van der Waals surface area contributed by atoms with E-state index in [-0.39, 0.29) is 28.6 Å². The number of hydrogen-bond acceptors (Lipinski definition) is 11. The molecule has 7 N–H and O–H groups in total. The Kier molecular flexibility index (Phi) is 5.89. The van der Waals surface area contributed by atoms with Crippen molar-refractivity contribution in [2.45, 2.75) is 43.7 Å². The average Bonchev–Trinajstić information content (AvgIpc) is 2.78. The summed E-state index contributed by atoms with van der Waals surface area (Å²) in [5.74, 6) is -1.65. The smallest absolute Gasteiger partial charge is 0.228 e. The van der Waals surface area contributed by atoms with Gasteiger partial charge in [0.2, 0.25) is 6.29 Å². The molecule has 0 radical (unpaired) electrons. The molecule has 2 aliphatic heterocycles. The van der Waals surface area contributed by atoms with Gasteiger partial charge in [0, 0.05) is 17.7 Å². The Morgan fingerprint density at radius 1 is 0.879 bits per heavy atom. The third-order valence-corrected chi connectivity index (χ3v) is 5.55. The first-order chi connectivity index (χ1) is 15.6. The molecule has 2 aromatic rings. The van der Waals surface area contributed by atoms with Crippen molar-refractivity contribution in [3.8, 4) is 34.5 Å². The fourth-order valence-corrected chi connectivity index (χ4v) is 3.75. The molecule has 1 saturated heterocycles. The van der Waals surface area contributed by atoms with Crippen LogP contribution in [0.5, 0.6) is 34.5 Å². The fourth-order valence-electron chi connectivity index (χ4n) is 3.75. The van der Waals surface area contributed by atoms with Crippen LogP contribution in [-0.2, 0) is 9.47 Å². The maximum atomic E-state index is 10.4. The highest BCUT2D eigenvalue weighted by Crippen LogP contribution is 2.47. The number of methoxy groups -OCH3 is 1. The standard InChI is InChI=1S/C22H24O11/c1-8-17(26)19(28)20(29)22(31-8)33-16-7-11-14(30-2)5-10(23)6-15(11)32-21(16)9-3-12(24)18(27)13(25)4-9/h3-8,17,19-29H,1-2H3. The van der Waals surface area contributed by atoms with Crippen LogP contribution in [0.3, 0.4) is 0 Å². The molecule has 33 heavy (non-hydrogen) atoms. The van der Waals surface area contributed by atoms with Gasteiger partial charge in [-0.05, 0) is 25.1 Å². The van der Waals surface area contributed by atoms with Crippen LogP contribution in [0.1, 0.15) is 24.2 Å². The van der Waals surface area contributed by atoms with Crippen molar-refractivity contribution >= 4 is 6.08 Å². The second kappa shape index (κ2) is 8.52. The van der Waals surface area contributed by atoms with Crippen molar-refractivity contribution in [3.63, 3.8) is 0 Å². The number of fused-ring (bicyclic) bond motifs is 1. The van der Waals surface area contributed by atoms with Crippen molar-refractivity contribution in [3.05, 3.63) is 41.2 Å². The summed E-state index contributed by atoms with van der Waals surface area (Å²) in [6.07, 6.45) is -6.40. The largest absolute Gasteiger partial charge is 0.508 e. The SMILES string of the molecule is COc1cc(O)cc2c1C=C(OC1OC(C)C(O)C(O)C1O)C(c1cc(O)c(O)c(O)c1)O2. The number of hydrogen-bond donors (Lipinski definition) is 7. The number of aliphatic hydroxyl groups excluding tert-OH is 3. The van der Waals surface area contributed by atoms with E-state index < -0.39 is 54.1 Å². The summed E-state index contributed by atoms with van der Waals surface area (Å²) < 4.78 is 22.6. The van der Waals surface area contributed by atoms with Gasteiger partial charge in [0.05, 0.1) is 18.8 Å². The summed E-state index contributed by atoms with van der Waals surface area (Å²) in [5, 5.41) is 70.1. The second-order valence-corrected chi connectivity index (χ2v) is 7.81. The van der Waals surface area contributed by atoms with Crippen molar-refractivity contribution < 1.29 is 54.7 Å². The van der Waals surface area contributed by atoms with Gasteiger partial charge in [-0.25, -0.2) is 0 Å². The van der Waals surface area contributed by atoms with Crippen LogP contribution in [0, 0.1) is 0 Å². The number of aromatic hydroxyl groups is 4. The Labute approximate surface area is 187 Å². The minimum Gasteiger partial charge on any atom is -0.508 e. The van der Waals surface area contributed by atoms with Gasteiger partial charge >= 0.3 is 0 Å². The first-order valence-corrected chi connectivity index (χ1v) is 10.0. The summed E-state index contributed by atoms with van der Waals surface area (Å²) in [5.41, 5.74) is 0.536. The van der Waals surface area contributed by atoms with Crippen LogP contribution in [-0.4, -0.2) is 73.6 Å². The van der Waals surface area contributed by atoms with E-state index in [1.54, 1.807) is 0 Å². The summed E-state index contributed by atoms with van der Waals surface area (Å²) in [7, 11) is 1.39. The van der Waals surface area contributed by atoms with Gasteiger partial charge in [0.25, 0.3) is 0 Å². The molecule has 4 rings (SSSR count). The molecule has 2 aliphatic rings. The molecule has 11 nitrogen and oxygen atoms in total. The first kappa shape index (κ1) is 22.8. The molecule has 0 aliphatic carbocycles. The zero-order valence-electron chi connectivity index (χ0n) is 17.6. The zero-order valence-corrected chi connectivity index (χ0v) is 17.6. The van der Waals surface area contributed by atoms with E-state index in [0.29, 0.717) is 5.56 Å². The van der Waals surface area contributed by atoms with Crippen molar-refractivity contribution in [1.82, 2.24) is 0 Å². The lowest BCUT2D eigenvalue weighted by Crippen LogP contribution is -2.57. The van der Waals surface area contributed by atoms with Crippen LogP contribution in [0.4, 0.5) is 0 Å². The molecular formula is C22H24O11. The first-order valence-electron chi connectivity index (χ1n) is 10.0. The molecule has 6 atom stereocenters. The molecule has 11 heteroatoms. The quantitative estimate of drug-likeness (QED) is 0.319. The molecule has 0 amide bonds. The number of phenols is 4. The molecule has 6 unspecified atom stereocenters. The lowest BCUT2D eigenvalue weighted by Gasteiger charge is -2.40. The van der Waals surface area contributed by atoms with Gasteiger partial charge in [0.1, 0.15) is 41.3 Å². The normalized spacial score (nSPS) is 28.9. The minimum atomic E-state index is -1.61. The molecule has 0 spiro atoms. The Bertz CT molecular complexity index is 1060. The van der Waals surface area contributed by atoms with Crippen molar-refractivity contribution in [1.29, 1.82) is 0 Å². The van der Waals surface area contributed by atoms with Gasteiger partial charge in [0.15, 0.2) is 23.4 Å². The average molecular weight is 464 g/mol. The van der Waals surface area contributed by atoms with Crippen LogP contribution >= 0.6 is 0 Å².